The lowest BCUT2D eigenvalue weighted by Crippen LogP contribution is -2.47. The highest BCUT2D eigenvalue weighted by Gasteiger charge is 2.33. The number of rotatable bonds is 5. The Hall–Kier alpha value is -3.36. The van der Waals surface area contributed by atoms with Crippen molar-refractivity contribution in [2.75, 3.05) is 13.1 Å². The molecule has 8 heteroatoms. The van der Waals surface area contributed by atoms with E-state index in [0.29, 0.717) is 43.5 Å². The number of halogens is 1. The molecule has 3 heterocycles. The largest absolute Gasteiger partial charge is 0.388 e. The van der Waals surface area contributed by atoms with Gasteiger partial charge in [0, 0.05) is 19.6 Å². The topological polar surface area (TPSA) is 76.2 Å². The van der Waals surface area contributed by atoms with Gasteiger partial charge < -0.3 is 5.11 Å². The third kappa shape index (κ3) is 4.31. The molecule has 5 rings (SSSR count). The van der Waals surface area contributed by atoms with Gasteiger partial charge in [0.25, 0.3) is 5.56 Å². The lowest BCUT2D eigenvalue weighted by atomic mass is 9.91. The Morgan fingerprint density at radius 3 is 2.64 bits per heavy atom. The molecule has 0 bridgehead atoms. The molecule has 2 aromatic heterocycles. The van der Waals surface area contributed by atoms with Gasteiger partial charge in [0.1, 0.15) is 17.5 Å². The maximum absolute atomic E-state index is 13.6. The predicted octanol–water partition coefficient (Wildman–Crippen LogP) is 3.06. The minimum atomic E-state index is -0.998. The van der Waals surface area contributed by atoms with Gasteiger partial charge >= 0.3 is 0 Å². The molecule has 1 N–H and O–H groups in total. The number of likely N-dealkylation sites (tertiary alicyclic amines) is 1. The molecule has 0 unspecified atom stereocenters. The molecule has 2 aromatic carbocycles. The molecule has 1 fully saturated rings. The molecule has 0 aliphatic carbocycles. The number of benzene rings is 2. The zero-order chi connectivity index (χ0) is 23.0. The lowest BCUT2D eigenvalue weighted by molar-refractivity contribution is -0.0365. The first-order chi connectivity index (χ1) is 15.9. The van der Waals surface area contributed by atoms with Crippen molar-refractivity contribution in [3.05, 3.63) is 88.4 Å². The van der Waals surface area contributed by atoms with Crippen molar-refractivity contribution in [2.24, 2.45) is 0 Å². The number of piperidine rings is 1. The summed E-state index contributed by atoms with van der Waals surface area (Å²) in [5.41, 5.74) is 2.13. The zero-order valence-electron chi connectivity index (χ0n) is 18.5. The summed E-state index contributed by atoms with van der Waals surface area (Å²) in [6, 6.07) is 14.4. The second-order valence-corrected chi connectivity index (χ2v) is 8.88. The first kappa shape index (κ1) is 21.5. The molecule has 1 saturated heterocycles. The van der Waals surface area contributed by atoms with Gasteiger partial charge in [-0.05, 0) is 55.2 Å². The van der Waals surface area contributed by atoms with Crippen LogP contribution in [0.4, 0.5) is 4.39 Å². The number of aliphatic hydroxyl groups is 1. The van der Waals surface area contributed by atoms with Crippen LogP contribution in [0.3, 0.4) is 0 Å². The summed E-state index contributed by atoms with van der Waals surface area (Å²) in [5.74, 6) is -0.234. The summed E-state index contributed by atoms with van der Waals surface area (Å²) < 4.78 is 16.7. The van der Waals surface area contributed by atoms with Crippen LogP contribution < -0.4 is 5.56 Å². The van der Waals surface area contributed by atoms with Crippen LogP contribution in [0.15, 0.2) is 65.8 Å². The van der Waals surface area contributed by atoms with Crippen LogP contribution in [0.1, 0.15) is 24.0 Å². The number of fused-ring (bicyclic) bond motifs is 1. The van der Waals surface area contributed by atoms with E-state index in [1.165, 1.54) is 23.2 Å². The van der Waals surface area contributed by atoms with Crippen LogP contribution in [0.5, 0.6) is 0 Å². The van der Waals surface area contributed by atoms with Crippen molar-refractivity contribution in [1.29, 1.82) is 0 Å². The third-order valence-corrected chi connectivity index (χ3v) is 6.51. The van der Waals surface area contributed by atoms with E-state index < -0.39 is 5.60 Å². The smallest absolute Gasteiger partial charge is 0.264 e. The molecule has 7 nitrogen and oxygen atoms in total. The Bertz CT molecular complexity index is 1340. The van der Waals surface area contributed by atoms with Gasteiger partial charge in [0.15, 0.2) is 5.65 Å². The Morgan fingerprint density at radius 1 is 1.12 bits per heavy atom. The first-order valence-electron chi connectivity index (χ1n) is 11.1. The second kappa shape index (κ2) is 8.53. The Kier molecular flexibility index (Phi) is 5.55. The third-order valence-electron chi connectivity index (χ3n) is 6.51. The molecule has 33 heavy (non-hydrogen) atoms. The quantitative estimate of drug-likeness (QED) is 0.509. The van der Waals surface area contributed by atoms with E-state index in [1.807, 2.05) is 37.3 Å². The van der Waals surface area contributed by atoms with Crippen LogP contribution >= 0.6 is 0 Å². The molecule has 0 saturated carbocycles. The highest BCUT2D eigenvalue weighted by atomic mass is 19.1. The van der Waals surface area contributed by atoms with Gasteiger partial charge in [-0.3, -0.25) is 14.3 Å². The van der Waals surface area contributed by atoms with Crippen molar-refractivity contribution in [2.45, 2.75) is 38.5 Å². The minimum Gasteiger partial charge on any atom is -0.388 e. The van der Waals surface area contributed by atoms with Crippen LogP contribution in [0.25, 0.3) is 16.7 Å². The highest BCUT2D eigenvalue weighted by molar-refractivity contribution is 5.74. The van der Waals surface area contributed by atoms with E-state index in [-0.39, 0.29) is 17.9 Å². The van der Waals surface area contributed by atoms with E-state index in [0.717, 1.165) is 16.8 Å². The monoisotopic (exact) mass is 447 g/mol. The zero-order valence-corrected chi connectivity index (χ0v) is 18.5. The van der Waals surface area contributed by atoms with Gasteiger partial charge in [0.2, 0.25) is 0 Å². The molecular weight excluding hydrogens is 421 g/mol. The standard InChI is InChI=1S/C25H26FN5O2/c1-18-7-8-20(26)13-19(18)15-29-11-9-25(33,10-12-29)16-30-17-27-23-22(24(30)32)14-28-31(23)21-5-3-2-4-6-21/h2-8,13-14,17,33H,9-12,15-16H2,1H3. The Balaban J connectivity index is 1.30. The normalized spacial score (nSPS) is 16.3. The summed E-state index contributed by atoms with van der Waals surface area (Å²) in [6.07, 6.45) is 4.07. The second-order valence-electron chi connectivity index (χ2n) is 8.88. The van der Waals surface area contributed by atoms with Gasteiger partial charge in [-0.15, -0.1) is 0 Å². The lowest BCUT2D eigenvalue weighted by Gasteiger charge is -2.38. The molecule has 170 valence electrons. The van der Waals surface area contributed by atoms with Gasteiger partial charge in [-0.1, -0.05) is 24.3 Å². The van der Waals surface area contributed by atoms with Crippen LogP contribution in [-0.2, 0) is 13.1 Å². The summed E-state index contributed by atoms with van der Waals surface area (Å²) in [5, 5.41) is 16.0. The van der Waals surface area contributed by atoms with Gasteiger partial charge in [0.05, 0.1) is 24.0 Å². The van der Waals surface area contributed by atoms with Crippen molar-refractivity contribution < 1.29 is 9.50 Å². The van der Waals surface area contributed by atoms with E-state index >= 15 is 0 Å². The van der Waals surface area contributed by atoms with E-state index in [4.69, 9.17) is 0 Å². The highest BCUT2D eigenvalue weighted by Crippen LogP contribution is 2.26. The van der Waals surface area contributed by atoms with E-state index in [2.05, 4.69) is 15.0 Å². The number of nitrogens with zero attached hydrogens (tertiary/aromatic N) is 5. The average molecular weight is 448 g/mol. The number of aromatic nitrogens is 4. The number of hydrogen-bond donors (Lipinski definition) is 1. The minimum absolute atomic E-state index is 0.179. The maximum Gasteiger partial charge on any atom is 0.264 e. The number of para-hydroxylation sites is 1. The fourth-order valence-electron chi connectivity index (χ4n) is 4.47. The van der Waals surface area contributed by atoms with E-state index in [1.54, 1.807) is 16.8 Å². The number of hydrogen-bond acceptors (Lipinski definition) is 5. The van der Waals surface area contributed by atoms with E-state index in [9.17, 15) is 14.3 Å². The first-order valence-corrected chi connectivity index (χ1v) is 11.1. The van der Waals surface area contributed by atoms with Crippen molar-refractivity contribution in [3.8, 4) is 5.69 Å². The predicted molar refractivity (Wildman–Crippen MR) is 124 cm³/mol. The molecule has 1 aliphatic rings. The molecule has 0 spiro atoms. The summed E-state index contributed by atoms with van der Waals surface area (Å²) in [6.45, 7) is 4.14. The fraction of sp³-hybridized carbons (Fsp3) is 0.320. The molecule has 0 atom stereocenters. The van der Waals surface area contributed by atoms with Crippen LogP contribution in [-0.4, -0.2) is 48.0 Å². The molecule has 1 aliphatic heterocycles. The van der Waals surface area contributed by atoms with Crippen molar-refractivity contribution >= 4 is 11.0 Å². The Morgan fingerprint density at radius 2 is 1.88 bits per heavy atom. The summed E-state index contributed by atoms with van der Waals surface area (Å²) >= 11 is 0. The number of aryl methyl sites for hydroxylation is 1. The fourth-order valence-corrected chi connectivity index (χ4v) is 4.47. The van der Waals surface area contributed by atoms with Crippen molar-refractivity contribution in [1.82, 2.24) is 24.2 Å². The maximum atomic E-state index is 13.6. The van der Waals surface area contributed by atoms with Gasteiger partial charge in [-0.25, -0.2) is 14.1 Å². The molecular formula is C25H26FN5O2. The van der Waals surface area contributed by atoms with Gasteiger partial charge in [-0.2, -0.15) is 5.10 Å². The molecule has 0 amide bonds. The molecule has 0 radical (unpaired) electrons. The molecule has 4 aromatic rings. The SMILES string of the molecule is Cc1ccc(F)cc1CN1CCC(O)(Cn2cnc3c(cnn3-c3ccccc3)c2=O)CC1. The van der Waals surface area contributed by atoms with Crippen LogP contribution in [0.2, 0.25) is 0 Å². The Labute approximate surface area is 190 Å². The average Bonchev–Trinajstić information content (AvgIpc) is 3.25. The van der Waals surface area contributed by atoms with Crippen molar-refractivity contribution in [3.63, 3.8) is 0 Å². The summed E-state index contributed by atoms with van der Waals surface area (Å²) in [7, 11) is 0. The summed E-state index contributed by atoms with van der Waals surface area (Å²) in [4.78, 5) is 19.8. The van der Waals surface area contributed by atoms with Crippen LogP contribution in [0, 0.1) is 12.7 Å².